The summed E-state index contributed by atoms with van der Waals surface area (Å²) < 4.78 is 7.57. The van der Waals surface area contributed by atoms with Crippen molar-refractivity contribution >= 4 is 5.57 Å². The molecule has 1 aliphatic heterocycles. The lowest BCUT2D eigenvalue weighted by molar-refractivity contribution is 0.456. The fourth-order valence-corrected chi connectivity index (χ4v) is 3.65. The van der Waals surface area contributed by atoms with E-state index < -0.39 is 0 Å². The maximum atomic E-state index is 12.7. The molecule has 1 N–H and O–H groups in total. The normalized spacial score (nSPS) is 16.2. The Bertz CT molecular complexity index is 1160. The smallest absolute Gasteiger partial charge is 0.251 e. The minimum Gasteiger partial charge on any atom is -0.421 e. The SMILES string of the molecule is C=C(c1nnc(C(C)C)o1)C1CC(C)=C(Cn2c(-c3ccccc3)cccc2=O)N1. The van der Waals surface area contributed by atoms with Gasteiger partial charge in [0, 0.05) is 23.3 Å². The van der Waals surface area contributed by atoms with E-state index in [4.69, 9.17) is 4.42 Å². The lowest BCUT2D eigenvalue weighted by atomic mass is 10.0. The highest BCUT2D eigenvalue weighted by molar-refractivity contribution is 5.63. The predicted octanol–water partition coefficient (Wildman–Crippen LogP) is 4.37. The molecule has 6 nitrogen and oxygen atoms in total. The molecule has 0 saturated carbocycles. The number of allylic oxidation sites excluding steroid dienone is 1. The molecular formula is C24H26N4O2. The summed E-state index contributed by atoms with van der Waals surface area (Å²) >= 11 is 0. The van der Waals surface area contributed by atoms with E-state index in [1.54, 1.807) is 16.7 Å². The van der Waals surface area contributed by atoms with Crippen molar-refractivity contribution < 1.29 is 4.42 Å². The van der Waals surface area contributed by atoms with Crippen molar-refractivity contribution in [3.8, 4) is 11.3 Å². The van der Waals surface area contributed by atoms with Crippen LogP contribution in [0.5, 0.6) is 0 Å². The van der Waals surface area contributed by atoms with Crippen molar-refractivity contribution in [2.45, 2.75) is 45.7 Å². The molecular weight excluding hydrogens is 376 g/mol. The van der Waals surface area contributed by atoms with E-state index in [2.05, 4.69) is 29.0 Å². The minimum atomic E-state index is -0.0285. The lowest BCUT2D eigenvalue weighted by Gasteiger charge is -2.17. The summed E-state index contributed by atoms with van der Waals surface area (Å²) in [5.74, 6) is 1.25. The lowest BCUT2D eigenvalue weighted by Crippen LogP contribution is -2.29. The van der Waals surface area contributed by atoms with E-state index in [0.29, 0.717) is 18.3 Å². The Labute approximate surface area is 176 Å². The van der Waals surface area contributed by atoms with Crippen molar-refractivity contribution in [1.82, 2.24) is 20.1 Å². The van der Waals surface area contributed by atoms with Gasteiger partial charge in [-0.05, 0) is 25.0 Å². The summed E-state index contributed by atoms with van der Waals surface area (Å²) in [4.78, 5) is 12.7. The minimum absolute atomic E-state index is 0.0277. The second kappa shape index (κ2) is 8.14. The summed E-state index contributed by atoms with van der Waals surface area (Å²) in [5, 5.41) is 11.8. The van der Waals surface area contributed by atoms with E-state index in [-0.39, 0.29) is 17.5 Å². The fourth-order valence-electron chi connectivity index (χ4n) is 3.65. The molecule has 0 bridgehead atoms. The maximum absolute atomic E-state index is 12.7. The Morgan fingerprint density at radius 1 is 1.20 bits per heavy atom. The zero-order valence-corrected chi connectivity index (χ0v) is 17.6. The van der Waals surface area contributed by atoms with Crippen LogP contribution < -0.4 is 10.9 Å². The number of hydrogen-bond donors (Lipinski definition) is 1. The average Bonchev–Trinajstić information content (AvgIpc) is 3.37. The molecule has 0 saturated heterocycles. The number of rotatable bonds is 6. The number of benzene rings is 1. The molecule has 154 valence electrons. The van der Waals surface area contributed by atoms with Crippen LogP contribution in [-0.2, 0) is 6.54 Å². The van der Waals surface area contributed by atoms with Crippen molar-refractivity contribution in [2.75, 3.05) is 0 Å². The number of nitrogens with one attached hydrogen (secondary N) is 1. The van der Waals surface area contributed by atoms with E-state index in [9.17, 15) is 4.79 Å². The first-order chi connectivity index (χ1) is 14.4. The molecule has 4 rings (SSSR count). The second-order valence-corrected chi connectivity index (χ2v) is 7.99. The third kappa shape index (κ3) is 3.85. The van der Waals surface area contributed by atoms with Crippen molar-refractivity contribution in [1.29, 1.82) is 0 Å². The van der Waals surface area contributed by atoms with Crippen molar-refractivity contribution in [2.24, 2.45) is 0 Å². The number of pyridine rings is 1. The van der Waals surface area contributed by atoms with Crippen LogP contribution in [-0.4, -0.2) is 20.8 Å². The monoisotopic (exact) mass is 402 g/mol. The van der Waals surface area contributed by atoms with E-state index in [0.717, 1.165) is 28.9 Å². The highest BCUT2D eigenvalue weighted by atomic mass is 16.4. The Morgan fingerprint density at radius 2 is 1.97 bits per heavy atom. The third-order valence-corrected chi connectivity index (χ3v) is 5.44. The van der Waals surface area contributed by atoms with Gasteiger partial charge in [-0.2, -0.15) is 0 Å². The highest BCUT2D eigenvalue weighted by Gasteiger charge is 2.27. The zero-order valence-electron chi connectivity index (χ0n) is 17.6. The average molecular weight is 402 g/mol. The molecule has 1 aromatic carbocycles. The third-order valence-electron chi connectivity index (χ3n) is 5.44. The largest absolute Gasteiger partial charge is 0.421 e. The summed E-state index contributed by atoms with van der Waals surface area (Å²) in [7, 11) is 0. The van der Waals surface area contributed by atoms with Crippen LogP contribution >= 0.6 is 0 Å². The van der Waals surface area contributed by atoms with E-state index in [1.165, 1.54) is 5.57 Å². The topological polar surface area (TPSA) is 73.0 Å². The molecule has 0 radical (unpaired) electrons. The predicted molar refractivity (Wildman–Crippen MR) is 118 cm³/mol. The standard InChI is InChI=1S/C24H26N4O2/c1-15(2)23-26-27-24(30-23)17(4)19-13-16(3)20(25-19)14-28-21(11-8-12-22(28)29)18-9-6-5-7-10-18/h5-12,15,19,25H,4,13-14H2,1-3H3. The van der Waals surface area contributed by atoms with Crippen LogP contribution in [0.3, 0.4) is 0 Å². The summed E-state index contributed by atoms with van der Waals surface area (Å²) in [5.41, 5.74) is 4.87. The molecule has 0 spiro atoms. The van der Waals surface area contributed by atoms with Gasteiger partial charge in [-0.3, -0.25) is 4.79 Å². The molecule has 30 heavy (non-hydrogen) atoms. The summed E-state index contributed by atoms with van der Waals surface area (Å²) in [6, 6.07) is 15.3. The Hall–Kier alpha value is -3.41. The Kier molecular flexibility index (Phi) is 5.40. The van der Waals surface area contributed by atoms with Gasteiger partial charge in [0.15, 0.2) is 0 Å². The summed E-state index contributed by atoms with van der Waals surface area (Å²) in [6.45, 7) is 10.8. The maximum Gasteiger partial charge on any atom is 0.251 e. The molecule has 0 fully saturated rings. The molecule has 2 aromatic heterocycles. The van der Waals surface area contributed by atoms with Crippen LogP contribution in [0.25, 0.3) is 16.8 Å². The number of nitrogens with zero attached hydrogens (tertiary/aromatic N) is 3. The van der Waals surface area contributed by atoms with Crippen molar-refractivity contribution in [3.63, 3.8) is 0 Å². The first kappa shape index (κ1) is 19.9. The molecule has 3 aromatic rings. The van der Waals surface area contributed by atoms with Gasteiger partial charge in [-0.15, -0.1) is 10.2 Å². The van der Waals surface area contributed by atoms with Gasteiger partial charge in [0.25, 0.3) is 5.56 Å². The van der Waals surface area contributed by atoms with Crippen LogP contribution in [0, 0.1) is 0 Å². The molecule has 0 aliphatic carbocycles. The van der Waals surface area contributed by atoms with Crippen LogP contribution in [0.15, 0.2) is 75.6 Å². The molecule has 1 atom stereocenters. The molecule has 0 amide bonds. The van der Waals surface area contributed by atoms with E-state index in [1.807, 2.05) is 50.2 Å². The van der Waals surface area contributed by atoms with Gasteiger partial charge >= 0.3 is 0 Å². The van der Waals surface area contributed by atoms with Gasteiger partial charge in [-0.1, -0.05) is 62.4 Å². The van der Waals surface area contributed by atoms with Crippen LogP contribution in [0.1, 0.15) is 44.9 Å². The quantitative estimate of drug-likeness (QED) is 0.663. The fraction of sp³-hybridized carbons (Fsp3) is 0.292. The van der Waals surface area contributed by atoms with Gasteiger partial charge in [0.05, 0.1) is 18.3 Å². The van der Waals surface area contributed by atoms with Gasteiger partial charge in [-0.25, -0.2) is 0 Å². The van der Waals surface area contributed by atoms with Crippen LogP contribution in [0.4, 0.5) is 0 Å². The molecule has 1 aliphatic rings. The molecule has 1 unspecified atom stereocenters. The van der Waals surface area contributed by atoms with Crippen LogP contribution in [0.2, 0.25) is 0 Å². The summed E-state index contributed by atoms with van der Waals surface area (Å²) in [6.07, 6.45) is 0.788. The van der Waals surface area contributed by atoms with E-state index >= 15 is 0 Å². The number of hydrogen-bond acceptors (Lipinski definition) is 5. The highest BCUT2D eigenvalue weighted by Crippen LogP contribution is 2.29. The number of aromatic nitrogens is 3. The first-order valence-electron chi connectivity index (χ1n) is 10.2. The van der Waals surface area contributed by atoms with Gasteiger partial charge < -0.3 is 14.3 Å². The zero-order chi connectivity index (χ0) is 21.3. The van der Waals surface area contributed by atoms with Gasteiger partial charge in [0.2, 0.25) is 11.8 Å². The Balaban J connectivity index is 1.56. The molecule has 3 heterocycles. The van der Waals surface area contributed by atoms with Crippen molar-refractivity contribution in [3.05, 3.63) is 88.5 Å². The molecule has 6 heteroatoms. The second-order valence-electron chi connectivity index (χ2n) is 7.99. The first-order valence-corrected chi connectivity index (χ1v) is 10.2. The van der Waals surface area contributed by atoms with Gasteiger partial charge in [0.1, 0.15) is 0 Å². The Morgan fingerprint density at radius 3 is 2.67 bits per heavy atom.